The zero-order chi connectivity index (χ0) is 13.0. The van der Waals surface area contributed by atoms with Gasteiger partial charge in [-0.1, -0.05) is 0 Å². The molecule has 1 aliphatic heterocycles. The molecule has 0 spiro atoms. The molecule has 3 rings (SSSR count). The molecule has 1 aliphatic carbocycles. The SMILES string of the molecule is Cc1ncn(C)c1C(=O)N1C[C@@H]2C(C(=O)O)[C@@H]2C1. The van der Waals surface area contributed by atoms with Crippen LogP contribution < -0.4 is 0 Å². The normalized spacial score (nSPS) is 29.2. The third kappa shape index (κ3) is 1.45. The summed E-state index contributed by atoms with van der Waals surface area (Å²) >= 11 is 0. The zero-order valence-electron chi connectivity index (χ0n) is 10.3. The van der Waals surface area contributed by atoms with E-state index in [1.807, 2.05) is 6.92 Å². The van der Waals surface area contributed by atoms with Crippen LogP contribution in [0.2, 0.25) is 0 Å². The Morgan fingerprint density at radius 1 is 1.39 bits per heavy atom. The lowest BCUT2D eigenvalue weighted by molar-refractivity contribution is -0.139. The number of aryl methyl sites for hydroxylation is 2. The second-order valence-corrected chi connectivity index (χ2v) is 5.19. The molecule has 6 heteroatoms. The Kier molecular flexibility index (Phi) is 2.23. The summed E-state index contributed by atoms with van der Waals surface area (Å²) in [6.45, 7) is 2.93. The molecule has 1 saturated carbocycles. The van der Waals surface area contributed by atoms with E-state index in [0.29, 0.717) is 18.8 Å². The summed E-state index contributed by atoms with van der Waals surface area (Å²) in [5, 5.41) is 8.94. The minimum absolute atomic E-state index is 0.0381. The number of carbonyl (C=O) groups is 2. The van der Waals surface area contributed by atoms with Crippen LogP contribution in [0.25, 0.3) is 0 Å². The molecule has 96 valence electrons. The van der Waals surface area contributed by atoms with E-state index in [4.69, 9.17) is 5.11 Å². The maximum absolute atomic E-state index is 12.3. The van der Waals surface area contributed by atoms with Crippen LogP contribution in [0.4, 0.5) is 0 Å². The first-order valence-electron chi connectivity index (χ1n) is 6.00. The van der Waals surface area contributed by atoms with Gasteiger partial charge in [0, 0.05) is 20.1 Å². The summed E-state index contributed by atoms with van der Waals surface area (Å²) in [4.78, 5) is 29.0. The van der Waals surface area contributed by atoms with Crippen molar-refractivity contribution in [2.45, 2.75) is 6.92 Å². The molecular formula is C12H15N3O3. The number of carbonyl (C=O) groups excluding carboxylic acids is 1. The molecule has 3 atom stereocenters. The van der Waals surface area contributed by atoms with Gasteiger partial charge >= 0.3 is 5.97 Å². The largest absolute Gasteiger partial charge is 0.481 e. The fourth-order valence-corrected chi connectivity index (χ4v) is 3.06. The van der Waals surface area contributed by atoms with E-state index in [1.54, 1.807) is 22.8 Å². The van der Waals surface area contributed by atoms with E-state index in [2.05, 4.69) is 4.98 Å². The minimum Gasteiger partial charge on any atom is -0.481 e. The van der Waals surface area contributed by atoms with Gasteiger partial charge in [-0.25, -0.2) is 4.98 Å². The Hall–Kier alpha value is -1.85. The molecular weight excluding hydrogens is 234 g/mol. The highest BCUT2D eigenvalue weighted by Crippen LogP contribution is 2.51. The van der Waals surface area contributed by atoms with Crippen LogP contribution in [0.5, 0.6) is 0 Å². The van der Waals surface area contributed by atoms with Crippen molar-refractivity contribution in [2.24, 2.45) is 24.8 Å². The topological polar surface area (TPSA) is 75.4 Å². The molecule has 1 aromatic heterocycles. The number of carboxylic acid groups (broad SMARTS) is 1. The van der Waals surface area contributed by atoms with E-state index in [-0.39, 0.29) is 23.7 Å². The number of likely N-dealkylation sites (tertiary alicyclic amines) is 1. The molecule has 1 N–H and O–H groups in total. The maximum Gasteiger partial charge on any atom is 0.307 e. The number of hydrogen-bond donors (Lipinski definition) is 1. The number of aromatic nitrogens is 2. The predicted molar refractivity (Wildman–Crippen MR) is 62.0 cm³/mol. The van der Waals surface area contributed by atoms with Gasteiger partial charge in [-0.05, 0) is 18.8 Å². The van der Waals surface area contributed by atoms with E-state index in [1.165, 1.54) is 0 Å². The fraction of sp³-hybridized carbons (Fsp3) is 0.583. The number of hydrogen-bond acceptors (Lipinski definition) is 3. The van der Waals surface area contributed by atoms with Crippen molar-refractivity contribution in [1.82, 2.24) is 14.5 Å². The molecule has 0 radical (unpaired) electrons. The van der Waals surface area contributed by atoms with Crippen LogP contribution in [0.15, 0.2) is 6.33 Å². The van der Waals surface area contributed by atoms with Gasteiger partial charge in [0.15, 0.2) is 0 Å². The molecule has 2 heterocycles. The number of fused-ring (bicyclic) bond motifs is 1. The van der Waals surface area contributed by atoms with Crippen LogP contribution >= 0.6 is 0 Å². The van der Waals surface area contributed by atoms with E-state index in [9.17, 15) is 9.59 Å². The molecule has 0 aromatic carbocycles. The Balaban J connectivity index is 1.73. The van der Waals surface area contributed by atoms with Crippen molar-refractivity contribution in [3.05, 3.63) is 17.7 Å². The number of amides is 1. The summed E-state index contributed by atoms with van der Waals surface area (Å²) < 4.78 is 1.72. The molecule has 6 nitrogen and oxygen atoms in total. The van der Waals surface area contributed by atoms with Gasteiger partial charge in [0.25, 0.3) is 5.91 Å². The summed E-state index contributed by atoms with van der Waals surface area (Å²) in [5.41, 5.74) is 1.32. The van der Waals surface area contributed by atoms with Crippen LogP contribution in [0.1, 0.15) is 16.2 Å². The average molecular weight is 249 g/mol. The van der Waals surface area contributed by atoms with Crippen LogP contribution in [0, 0.1) is 24.7 Å². The van der Waals surface area contributed by atoms with Gasteiger partial charge in [-0.15, -0.1) is 0 Å². The lowest BCUT2D eigenvalue weighted by atomic mass is 10.2. The number of piperidine rings is 1. The average Bonchev–Trinajstić information content (AvgIpc) is 2.66. The molecule has 1 saturated heterocycles. The Labute approximate surface area is 104 Å². The number of nitrogens with zero attached hydrogens (tertiary/aromatic N) is 3. The molecule has 1 unspecified atom stereocenters. The first kappa shape index (κ1) is 11.3. The lowest BCUT2D eigenvalue weighted by Crippen LogP contribution is -2.34. The number of rotatable bonds is 2. The fourth-order valence-electron chi connectivity index (χ4n) is 3.06. The highest BCUT2D eigenvalue weighted by molar-refractivity contribution is 5.94. The monoisotopic (exact) mass is 249 g/mol. The first-order chi connectivity index (χ1) is 8.50. The van der Waals surface area contributed by atoms with Crippen molar-refractivity contribution < 1.29 is 14.7 Å². The Morgan fingerprint density at radius 3 is 2.44 bits per heavy atom. The van der Waals surface area contributed by atoms with Gasteiger partial charge in [0.2, 0.25) is 0 Å². The van der Waals surface area contributed by atoms with Crippen LogP contribution in [-0.4, -0.2) is 44.5 Å². The van der Waals surface area contributed by atoms with E-state index >= 15 is 0 Å². The molecule has 2 fully saturated rings. The predicted octanol–water partition coefficient (Wildman–Crippen LogP) is 0.131. The van der Waals surface area contributed by atoms with Crippen LogP contribution in [-0.2, 0) is 11.8 Å². The molecule has 1 aromatic rings. The number of imidazole rings is 1. The summed E-state index contributed by atoms with van der Waals surface area (Å²) in [5.74, 6) is -0.695. The maximum atomic E-state index is 12.3. The zero-order valence-corrected chi connectivity index (χ0v) is 10.3. The minimum atomic E-state index is -0.728. The summed E-state index contributed by atoms with van der Waals surface area (Å²) in [6, 6.07) is 0. The Bertz CT molecular complexity index is 505. The van der Waals surface area contributed by atoms with Crippen molar-refractivity contribution in [2.75, 3.05) is 13.1 Å². The van der Waals surface area contributed by atoms with Crippen molar-refractivity contribution in [1.29, 1.82) is 0 Å². The van der Waals surface area contributed by atoms with Crippen molar-refractivity contribution in [3.63, 3.8) is 0 Å². The Morgan fingerprint density at radius 2 is 2.00 bits per heavy atom. The van der Waals surface area contributed by atoms with Crippen LogP contribution in [0.3, 0.4) is 0 Å². The molecule has 18 heavy (non-hydrogen) atoms. The summed E-state index contributed by atoms with van der Waals surface area (Å²) in [6.07, 6.45) is 1.62. The summed E-state index contributed by atoms with van der Waals surface area (Å²) in [7, 11) is 1.80. The van der Waals surface area contributed by atoms with Gasteiger partial charge in [-0.2, -0.15) is 0 Å². The lowest BCUT2D eigenvalue weighted by Gasteiger charge is -2.19. The molecule has 2 aliphatic rings. The van der Waals surface area contributed by atoms with Gasteiger partial charge in [0.1, 0.15) is 5.69 Å². The molecule has 1 amide bonds. The first-order valence-corrected chi connectivity index (χ1v) is 6.00. The highest BCUT2D eigenvalue weighted by atomic mass is 16.4. The second-order valence-electron chi connectivity index (χ2n) is 5.19. The van der Waals surface area contributed by atoms with Gasteiger partial charge in [0.05, 0.1) is 17.9 Å². The molecule has 0 bridgehead atoms. The van der Waals surface area contributed by atoms with Crippen molar-refractivity contribution >= 4 is 11.9 Å². The van der Waals surface area contributed by atoms with Crippen molar-refractivity contribution in [3.8, 4) is 0 Å². The smallest absolute Gasteiger partial charge is 0.307 e. The standard InChI is InChI=1S/C12H15N3O3/c1-6-10(14(2)5-13-6)11(16)15-3-7-8(4-15)9(7)12(17)18/h5,7-9H,3-4H2,1-2H3,(H,17,18)/t7-,8+,9?. The number of carboxylic acids is 1. The van der Waals surface area contributed by atoms with Gasteiger partial charge in [-0.3, -0.25) is 9.59 Å². The second kappa shape index (κ2) is 3.57. The van der Waals surface area contributed by atoms with E-state index < -0.39 is 5.97 Å². The third-order valence-corrected chi connectivity index (χ3v) is 4.09. The highest BCUT2D eigenvalue weighted by Gasteiger charge is 2.60. The van der Waals surface area contributed by atoms with Gasteiger partial charge < -0.3 is 14.6 Å². The number of aliphatic carboxylic acids is 1. The quantitative estimate of drug-likeness (QED) is 0.808. The van der Waals surface area contributed by atoms with E-state index in [0.717, 1.165) is 5.69 Å². The third-order valence-electron chi connectivity index (χ3n) is 4.09.